The maximum Gasteiger partial charge on any atom is 0.205 e. The first-order chi connectivity index (χ1) is 11.5. The number of sulfone groups is 2. The Balaban J connectivity index is 2.27. The minimum Gasteiger partial charge on any atom is -0.288 e. The molecule has 1 aromatic carbocycles. The highest BCUT2D eigenvalue weighted by molar-refractivity contribution is 7.91. The second kappa shape index (κ2) is 7.45. The van der Waals surface area contributed by atoms with Gasteiger partial charge >= 0.3 is 0 Å². The van der Waals surface area contributed by atoms with Crippen LogP contribution in [-0.4, -0.2) is 32.8 Å². The molecule has 0 radical (unpaired) electrons. The summed E-state index contributed by atoms with van der Waals surface area (Å²) in [5, 5.41) is 6.08. The average molecular weight is 425 g/mol. The van der Waals surface area contributed by atoms with Gasteiger partial charge in [-0.15, -0.1) is 0 Å². The molecule has 0 amide bonds. The minimum atomic E-state index is -3.75. The summed E-state index contributed by atoms with van der Waals surface area (Å²) in [5.74, 6) is -1.24. The highest BCUT2D eigenvalue weighted by Gasteiger charge is 2.20. The topological polar surface area (TPSA) is 114 Å². The summed E-state index contributed by atoms with van der Waals surface area (Å²) >= 11 is 11.7. The first-order valence-electron chi connectivity index (χ1n) is 6.99. The van der Waals surface area contributed by atoms with Gasteiger partial charge in [-0.1, -0.05) is 30.1 Å². The Hall–Kier alpha value is -1.42. The van der Waals surface area contributed by atoms with Crippen LogP contribution in [-0.2, 0) is 31.2 Å². The van der Waals surface area contributed by atoms with E-state index in [1.165, 1.54) is 25.1 Å². The van der Waals surface area contributed by atoms with Crippen LogP contribution in [0.25, 0.3) is 0 Å². The summed E-state index contributed by atoms with van der Waals surface area (Å²) in [6.45, 7) is 1.42. The highest BCUT2D eigenvalue weighted by atomic mass is 35.5. The molecule has 7 nitrogen and oxygen atoms in total. The number of aromatic nitrogens is 2. The summed E-state index contributed by atoms with van der Waals surface area (Å²) in [5.41, 5.74) is -0.680. The molecule has 0 bridgehead atoms. The van der Waals surface area contributed by atoms with E-state index < -0.39 is 30.9 Å². The molecule has 0 unspecified atom stereocenters. The van der Waals surface area contributed by atoms with E-state index in [9.17, 15) is 21.6 Å². The largest absolute Gasteiger partial charge is 0.288 e. The monoisotopic (exact) mass is 424 g/mol. The smallest absolute Gasteiger partial charge is 0.205 e. The standard InChI is InChI=1S/C14H14Cl2N2O5S2/c1-2-25(22,23)14-6-13(19)12(17-18-14)8-24(20,21)7-9-3-10(15)5-11(16)4-9/h3-6H,2,7-8H2,1H3,(H,18,19). The van der Waals surface area contributed by atoms with Gasteiger partial charge < -0.3 is 0 Å². The molecule has 2 aromatic rings. The van der Waals surface area contributed by atoms with E-state index >= 15 is 0 Å². The van der Waals surface area contributed by atoms with Gasteiger partial charge in [-0.2, -0.15) is 5.10 Å². The number of nitrogens with one attached hydrogen (secondary N) is 1. The SMILES string of the molecule is CCS(=O)(=O)c1cc(=O)c(CS(=O)(=O)Cc2cc(Cl)cc(Cl)c2)n[nH]1. The Kier molecular flexibility index (Phi) is 5.93. The molecule has 0 saturated carbocycles. The van der Waals surface area contributed by atoms with Gasteiger partial charge in [0.15, 0.2) is 24.7 Å². The zero-order valence-electron chi connectivity index (χ0n) is 13.0. The van der Waals surface area contributed by atoms with E-state index in [0.29, 0.717) is 15.6 Å². The van der Waals surface area contributed by atoms with Crippen LogP contribution in [0.5, 0.6) is 0 Å². The quantitative estimate of drug-likeness (QED) is 0.757. The molecule has 136 valence electrons. The molecule has 1 heterocycles. The summed E-state index contributed by atoms with van der Waals surface area (Å²) in [7, 11) is -7.38. The molecule has 25 heavy (non-hydrogen) atoms. The summed E-state index contributed by atoms with van der Waals surface area (Å²) in [4.78, 5) is 12.0. The summed E-state index contributed by atoms with van der Waals surface area (Å²) in [6.07, 6.45) is 0. The van der Waals surface area contributed by atoms with Crippen molar-refractivity contribution in [3.05, 3.63) is 55.8 Å². The molecular weight excluding hydrogens is 411 g/mol. The minimum absolute atomic E-state index is 0.211. The Labute approximate surface area is 154 Å². The van der Waals surface area contributed by atoms with Gasteiger partial charge in [0.1, 0.15) is 5.69 Å². The van der Waals surface area contributed by atoms with Crippen LogP contribution >= 0.6 is 23.2 Å². The lowest BCUT2D eigenvalue weighted by Gasteiger charge is -2.06. The lowest BCUT2D eigenvalue weighted by molar-refractivity contribution is 0.589. The Morgan fingerprint density at radius 1 is 1.00 bits per heavy atom. The van der Waals surface area contributed by atoms with Crippen molar-refractivity contribution in [3.8, 4) is 0 Å². The van der Waals surface area contributed by atoms with Crippen molar-refractivity contribution in [2.45, 2.75) is 23.5 Å². The molecule has 0 saturated heterocycles. The number of aromatic amines is 1. The third kappa shape index (κ3) is 5.27. The first kappa shape index (κ1) is 19.9. The molecule has 1 N–H and O–H groups in total. The number of hydrogen-bond donors (Lipinski definition) is 1. The Morgan fingerprint density at radius 3 is 2.12 bits per heavy atom. The van der Waals surface area contributed by atoms with Crippen molar-refractivity contribution in [3.63, 3.8) is 0 Å². The van der Waals surface area contributed by atoms with E-state index in [1.807, 2.05) is 0 Å². The number of benzene rings is 1. The maximum atomic E-state index is 12.3. The van der Waals surface area contributed by atoms with Gasteiger partial charge in [-0.3, -0.25) is 9.89 Å². The third-order valence-corrected chi connectivity index (χ3v) is 6.79. The fourth-order valence-corrected chi connectivity index (χ4v) is 4.79. The number of hydrogen-bond acceptors (Lipinski definition) is 6. The molecule has 0 aliphatic carbocycles. The van der Waals surface area contributed by atoms with Crippen LogP contribution in [0.4, 0.5) is 0 Å². The fourth-order valence-electron chi connectivity index (χ4n) is 2.04. The molecule has 0 aliphatic rings. The van der Waals surface area contributed by atoms with E-state index in [0.717, 1.165) is 6.07 Å². The highest BCUT2D eigenvalue weighted by Crippen LogP contribution is 2.21. The maximum absolute atomic E-state index is 12.3. The molecular formula is C14H14Cl2N2O5S2. The normalized spacial score (nSPS) is 12.3. The number of rotatable bonds is 6. The molecule has 11 heteroatoms. The molecule has 0 fully saturated rings. The van der Waals surface area contributed by atoms with Crippen LogP contribution in [0.1, 0.15) is 18.2 Å². The molecule has 1 aromatic heterocycles. The van der Waals surface area contributed by atoms with Gasteiger partial charge in [0.05, 0.1) is 17.3 Å². The fraction of sp³-hybridized carbons (Fsp3) is 0.286. The van der Waals surface area contributed by atoms with Crippen molar-refractivity contribution in [1.82, 2.24) is 10.2 Å². The van der Waals surface area contributed by atoms with Crippen LogP contribution in [0, 0.1) is 0 Å². The Morgan fingerprint density at radius 2 is 1.60 bits per heavy atom. The number of H-pyrrole nitrogens is 1. The zero-order valence-corrected chi connectivity index (χ0v) is 16.1. The van der Waals surface area contributed by atoms with Crippen molar-refractivity contribution < 1.29 is 16.8 Å². The van der Waals surface area contributed by atoms with Gasteiger partial charge in [0.25, 0.3) is 0 Å². The van der Waals surface area contributed by atoms with Crippen LogP contribution in [0.2, 0.25) is 10.0 Å². The van der Waals surface area contributed by atoms with Gasteiger partial charge in [-0.05, 0) is 23.8 Å². The zero-order chi connectivity index (χ0) is 18.8. The van der Waals surface area contributed by atoms with Crippen molar-refractivity contribution >= 4 is 42.9 Å². The predicted octanol–water partition coefficient (Wildman–Crippen LogP) is 1.99. The van der Waals surface area contributed by atoms with E-state index in [2.05, 4.69) is 10.2 Å². The van der Waals surface area contributed by atoms with Crippen LogP contribution in [0.15, 0.2) is 34.1 Å². The van der Waals surface area contributed by atoms with E-state index in [4.69, 9.17) is 23.2 Å². The number of halogens is 2. The average Bonchev–Trinajstić information content (AvgIpc) is 2.47. The lowest BCUT2D eigenvalue weighted by atomic mass is 10.2. The second-order valence-electron chi connectivity index (χ2n) is 5.26. The van der Waals surface area contributed by atoms with Gasteiger partial charge in [-0.25, -0.2) is 16.8 Å². The molecule has 0 atom stereocenters. The molecule has 0 aliphatic heterocycles. The van der Waals surface area contributed by atoms with Crippen molar-refractivity contribution in [2.75, 3.05) is 5.75 Å². The van der Waals surface area contributed by atoms with Gasteiger partial charge in [0, 0.05) is 16.1 Å². The predicted molar refractivity (Wildman–Crippen MR) is 95.4 cm³/mol. The molecule has 0 spiro atoms. The van der Waals surface area contributed by atoms with E-state index in [-0.39, 0.29) is 22.2 Å². The summed E-state index contributed by atoms with van der Waals surface area (Å²) in [6, 6.07) is 5.23. The first-order valence-corrected chi connectivity index (χ1v) is 11.2. The van der Waals surface area contributed by atoms with Crippen molar-refractivity contribution in [2.24, 2.45) is 0 Å². The van der Waals surface area contributed by atoms with Crippen molar-refractivity contribution in [1.29, 1.82) is 0 Å². The third-order valence-electron chi connectivity index (χ3n) is 3.23. The van der Waals surface area contributed by atoms with E-state index in [1.54, 1.807) is 0 Å². The van der Waals surface area contributed by atoms with Crippen LogP contribution < -0.4 is 5.43 Å². The molecule has 2 rings (SSSR count). The van der Waals surface area contributed by atoms with Gasteiger partial charge in [0.2, 0.25) is 5.43 Å². The number of nitrogens with zero attached hydrogens (tertiary/aromatic N) is 1. The lowest BCUT2D eigenvalue weighted by Crippen LogP contribution is -2.21. The Bertz CT molecular complexity index is 1040. The summed E-state index contributed by atoms with van der Waals surface area (Å²) < 4.78 is 48.0. The second-order valence-corrected chi connectivity index (χ2v) is 10.4. The van der Waals surface area contributed by atoms with Crippen LogP contribution in [0.3, 0.4) is 0 Å².